The Hall–Kier alpha value is -1.65. The molecule has 2 rings (SSSR count). The van der Waals surface area contributed by atoms with Crippen molar-refractivity contribution in [3.05, 3.63) is 62.8 Å². The van der Waals surface area contributed by atoms with Crippen LogP contribution in [-0.4, -0.2) is 17.0 Å². The molecule has 0 unspecified atom stereocenters. The molecule has 0 fully saturated rings. The fourth-order valence-electron chi connectivity index (χ4n) is 1.71. The van der Waals surface area contributed by atoms with Crippen molar-refractivity contribution in [1.29, 1.82) is 0 Å². The van der Waals surface area contributed by atoms with E-state index >= 15 is 0 Å². The first-order valence-corrected chi connectivity index (χ1v) is 6.03. The van der Waals surface area contributed by atoms with Gasteiger partial charge in [-0.25, -0.2) is 4.98 Å². The monoisotopic (exact) mass is 263 g/mol. The van der Waals surface area contributed by atoms with Gasteiger partial charge < -0.3 is 10.3 Å². The molecule has 2 aromatic rings. The van der Waals surface area contributed by atoms with Crippen LogP contribution in [-0.2, 0) is 13.0 Å². The Morgan fingerprint density at radius 2 is 2.06 bits per heavy atom. The van der Waals surface area contributed by atoms with Crippen LogP contribution in [0.15, 0.2) is 35.1 Å². The molecule has 0 radical (unpaired) electrons. The van der Waals surface area contributed by atoms with Gasteiger partial charge in [0, 0.05) is 24.1 Å². The molecule has 0 atom stereocenters. The zero-order valence-electron chi connectivity index (χ0n) is 10.0. The zero-order valence-corrected chi connectivity index (χ0v) is 10.8. The van der Waals surface area contributed by atoms with Crippen molar-refractivity contribution in [2.45, 2.75) is 13.0 Å². The first-order chi connectivity index (χ1) is 8.67. The Morgan fingerprint density at radius 3 is 2.72 bits per heavy atom. The van der Waals surface area contributed by atoms with Crippen molar-refractivity contribution in [1.82, 2.24) is 15.3 Å². The second-order valence-electron chi connectivity index (χ2n) is 4.02. The second-order valence-corrected chi connectivity index (χ2v) is 4.45. The Morgan fingerprint density at radius 1 is 1.33 bits per heavy atom. The summed E-state index contributed by atoms with van der Waals surface area (Å²) in [6.07, 6.45) is 0.587. The van der Waals surface area contributed by atoms with Crippen LogP contribution in [0.4, 0.5) is 0 Å². The predicted octanol–water partition coefficient (Wildman–Crippen LogP) is 1.73. The summed E-state index contributed by atoms with van der Waals surface area (Å²) in [5.41, 5.74) is 1.67. The maximum absolute atomic E-state index is 11.5. The first-order valence-electron chi connectivity index (χ1n) is 5.65. The number of H-pyrrole nitrogens is 1. The lowest BCUT2D eigenvalue weighted by Gasteiger charge is -2.04. The molecule has 1 aromatic carbocycles. The third-order valence-electron chi connectivity index (χ3n) is 2.49. The van der Waals surface area contributed by atoms with E-state index in [-0.39, 0.29) is 5.56 Å². The minimum Gasteiger partial charge on any atom is -0.314 e. The van der Waals surface area contributed by atoms with Gasteiger partial charge in [0.25, 0.3) is 5.56 Å². The normalized spacial score (nSPS) is 10.6. The summed E-state index contributed by atoms with van der Waals surface area (Å²) in [6, 6.07) is 9.00. The lowest BCUT2D eigenvalue weighted by Crippen LogP contribution is -2.16. The standard InChI is InChI=1S/C13H14ClN3O/c1-15-8-11-7-13(18)17-12(16-11)6-9-2-4-10(14)5-3-9/h2-5,7,15H,6,8H2,1H3,(H,16,17,18). The van der Waals surface area contributed by atoms with Gasteiger partial charge in [0.2, 0.25) is 0 Å². The van der Waals surface area contributed by atoms with Crippen LogP contribution in [0.3, 0.4) is 0 Å². The highest BCUT2D eigenvalue weighted by atomic mass is 35.5. The van der Waals surface area contributed by atoms with Crippen molar-refractivity contribution >= 4 is 11.6 Å². The van der Waals surface area contributed by atoms with Crippen LogP contribution in [0.5, 0.6) is 0 Å². The predicted molar refractivity (Wildman–Crippen MR) is 71.9 cm³/mol. The Labute approximate surface area is 110 Å². The van der Waals surface area contributed by atoms with Crippen LogP contribution in [0.2, 0.25) is 5.02 Å². The summed E-state index contributed by atoms with van der Waals surface area (Å²) in [5.74, 6) is 0.662. The summed E-state index contributed by atoms with van der Waals surface area (Å²) in [7, 11) is 1.82. The van der Waals surface area contributed by atoms with Crippen molar-refractivity contribution in [3.8, 4) is 0 Å². The minimum atomic E-state index is -0.126. The van der Waals surface area contributed by atoms with E-state index in [0.717, 1.165) is 11.3 Å². The molecule has 0 bridgehead atoms. The fraction of sp³-hybridized carbons (Fsp3) is 0.231. The zero-order chi connectivity index (χ0) is 13.0. The number of halogens is 1. The number of rotatable bonds is 4. The van der Waals surface area contributed by atoms with Gasteiger partial charge in [-0.3, -0.25) is 4.79 Å². The van der Waals surface area contributed by atoms with Gasteiger partial charge in [-0.1, -0.05) is 23.7 Å². The van der Waals surface area contributed by atoms with E-state index in [1.54, 1.807) is 0 Å². The van der Waals surface area contributed by atoms with Crippen LogP contribution in [0, 0.1) is 0 Å². The van der Waals surface area contributed by atoms with Gasteiger partial charge in [-0.05, 0) is 24.7 Å². The highest BCUT2D eigenvalue weighted by Crippen LogP contribution is 2.11. The van der Waals surface area contributed by atoms with E-state index in [9.17, 15) is 4.79 Å². The summed E-state index contributed by atoms with van der Waals surface area (Å²) in [4.78, 5) is 18.6. The molecule has 2 N–H and O–H groups in total. The van der Waals surface area contributed by atoms with Crippen molar-refractivity contribution in [2.75, 3.05) is 7.05 Å². The van der Waals surface area contributed by atoms with Gasteiger partial charge in [-0.15, -0.1) is 0 Å². The maximum Gasteiger partial charge on any atom is 0.251 e. The van der Waals surface area contributed by atoms with Gasteiger partial charge in [0.1, 0.15) is 5.82 Å². The van der Waals surface area contributed by atoms with Gasteiger partial charge >= 0.3 is 0 Å². The summed E-state index contributed by atoms with van der Waals surface area (Å²) in [6.45, 7) is 0.581. The topological polar surface area (TPSA) is 57.8 Å². The first kappa shape index (κ1) is 12.8. The van der Waals surface area contributed by atoms with Crippen LogP contribution in [0.25, 0.3) is 0 Å². The quantitative estimate of drug-likeness (QED) is 0.883. The number of hydrogen-bond donors (Lipinski definition) is 2. The van der Waals surface area contributed by atoms with Crippen LogP contribution < -0.4 is 10.9 Å². The van der Waals surface area contributed by atoms with E-state index in [0.29, 0.717) is 23.8 Å². The van der Waals surface area contributed by atoms with E-state index in [4.69, 9.17) is 11.6 Å². The Kier molecular flexibility index (Phi) is 4.12. The molecule has 5 heteroatoms. The molecule has 0 aliphatic heterocycles. The largest absolute Gasteiger partial charge is 0.314 e. The number of hydrogen-bond acceptors (Lipinski definition) is 3. The molecule has 0 saturated carbocycles. The average molecular weight is 264 g/mol. The smallest absolute Gasteiger partial charge is 0.251 e. The fourth-order valence-corrected chi connectivity index (χ4v) is 1.84. The lowest BCUT2D eigenvalue weighted by molar-refractivity contribution is 0.767. The molecule has 4 nitrogen and oxygen atoms in total. The maximum atomic E-state index is 11.5. The molecule has 0 amide bonds. The third kappa shape index (κ3) is 3.42. The van der Waals surface area contributed by atoms with E-state index in [1.807, 2.05) is 31.3 Å². The number of benzene rings is 1. The summed E-state index contributed by atoms with van der Waals surface area (Å²) >= 11 is 5.82. The van der Waals surface area contributed by atoms with Crippen molar-refractivity contribution in [3.63, 3.8) is 0 Å². The molecule has 0 aliphatic rings. The van der Waals surface area contributed by atoms with Gasteiger partial charge in [-0.2, -0.15) is 0 Å². The number of aromatic nitrogens is 2. The summed E-state index contributed by atoms with van der Waals surface area (Å²) in [5, 5.41) is 3.68. The molecule has 0 aliphatic carbocycles. The molecule has 0 saturated heterocycles. The highest BCUT2D eigenvalue weighted by molar-refractivity contribution is 6.30. The van der Waals surface area contributed by atoms with Gasteiger partial charge in [0.05, 0.1) is 5.69 Å². The second kappa shape index (κ2) is 5.80. The lowest BCUT2D eigenvalue weighted by atomic mass is 10.1. The highest BCUT2D eigenvalue weighted by Gasteiger charge is 2.02. The molecule has 94 valence electrons. The van der Waals surface area contributed by atoms with E-state index < -0.39 is 0 Å². The summed E-state index contributed by atoms with van der Waals surface area (Å²) < 4.78 is 0. The Balaban J connectivity index is 2.23. The SMILES string of the molecule is CNCc1cc(=O)[nH]c(Cc2ccc(Cl)cc2)n1. The van der Waals surface area contributed by atoms with Crippen molar-refractivity contribution < 1.29 is 0 Å². The number of aromatic amines is 1. The van der Waals surface area contributed by atoms with Crippen LogP contribution >= 0.6 is 11.6 Å². The van der Waals surface area contributed by atoms with Crippen molar-refractivity contribution in [2.24, 2.45) is 0 Å². The Bertz CT molecular complexity index is 578. The third-order valence-corrected chi connectivity index (χ3v) is 2.74. The molecule has 0 spiro atoms. The number of nitrogens with one attached hydrogen (secondary N) is 2. The molecular weight excluding hydrogens is 250 g/mol. The molecule has 1 aromatic heterocycles. The average Bonchev–Trinajstić information content (AvgIpc) is 2.32. The molecular formula is C13H14ClN3O. The minimum absolute atomic E-state index is 0.126. The number of nitrogens with zero attached hydrogens (tertiary/aromatic N) is 1. The van der Waals surface area contributed by atoms with E-state index in [2.05, 4.69) is 15.3 Å². The molecule has 1 heterocycles. The van der Waals surface area contributed by atoms with E-state index in [1.165, 1.54) is 6.07 Å². The molecule has 18 heavy (non-hydrogen) atoms. The van der Waals surface area contributed by atoms with Crippen LogP contribution in [0.1, 0.15) is 17.1 Å². The van der Waals surface area contributed by atoms with Gasteiger partial charge in [0.15, 0.2) is 0 Å².